The van der Waals surface area contributed by atoms with Gasteiger partial charge in [0.1, 0.15) is 17.6 Å². The highest BCUT2D eigenvalue weighted by Gasteiger charge is 2.20. The minimum atomic E-state index is -0.958. The molecule has 1 aromatic heterocycles. The highest BCUT2D eigenvalue weighted by Crippen LogP contribution is 2.31. The van der Waals surface area contributed by atoms with Crippen molar-refractivity contribution >= 4 is 28.5 Å². The lowest BCUT2D eigenvalue weighted by molar-refractivity contribution is -0.134. The molecule has 0 spiro atoms. The lowest BCUT2D eigenvalue weighted by Crippen LogP contribution is -2.14. The smallest absolute Gasteiger partial charge is 0.334 e. The van der Waals surface area contributed by atoms with E-state index in [4.69, 9.17) is 30.2 Å². The molecular weight excluding hydrogens is 420 g/mol. The van der Waals surface area contributed by atoms with E-state index in [1.54, 1.807) is 48.5 Å². The number of halogens is 1. The maximum Gasteiger partial charge on any atom is 0.334 e. The predicted octanol–water partition coefficient (Wildman–Crippen LogP) is 5.48. The van der Waals surface area contributed by atoms with Crippen molar-refractivity contribution in [2.75, 3.05) is 7.11 Å². The number of carbonyl (C=O) groups is 1. The Labute approximate surface area is 182 Å². The van der Waals surface area contributed by atoms with E-state index in [0.717, 1.165) is 0 Å². The summed E-state index contributed by atoms with van der Waals surface area (Å²) in [5.41, 5.74) is 0.498. The van der Waals surface area contributed by atoms with E-state index in [1.165, 1.54) is 31.6 Å². The molecule has 0 saturated carbocycles. The largest absolute Gasteiger partial charge is 0.493 e. The van der Waals surface area contributed by atoms with Gasteiger partial charge in [-0.15, -0.1) is 11.6 Å². The van der Waals surface area contributed by atoms with Gasteiger partial charge in [-0.1, -0.05) is 42.5 Å². The molecule has 0 bridgehead atoms. The van der Waals surface area contributed by atoms with Crippen molar-refractivity contribution in [3.63, 3.8) is 0 Å². The molecule has 0 saturated heterocycles. The number of hydrogen-bond acceptors (Lipinski definition) is 6. The summed E-state index contributed by atoms with van der Waals surface area (Å²) in [6, 6.07) is 20.3. The van der Waals surface area contributed by atoms with Gasteiger partial charge >= 0.3 is 5.97 Å². The lowest BCUT2D eigenvalue weighted by Gasteiger charge is -2.11. The van der Waals surface area contributed by atoms with Gasteiger partial charge in [-0.25, -0.2) is 4.79 Å². The zero-order valence-corrected chi connectivity index (χ0v) is 17.2. The highest BCUT2D eigenvalue weighted by molar-refractivity contribution is 6.30. The molecule has 0 aliphatic heterocycles. The molecular formula is C24H17ClO6. The first-order valence-electron chi connectivity index (χ1n) is 9.34. The number of alkyl halides is 1. The van der Waals surface area contributed by atoms with Crippen LogP contribution in [0.2, 0.25) is 0 Å². The second kappa shape index (κ2) is 8.93. The van der Waals surface area contributed by atoms with Gasteiger partial charge < -0.3 is 18.6 Å². The Morgan fingerprint density at radius 2 is 1.65 bits per heavy atom. The average Bonchev–Trinajstić information content (AvgIpc) is 2.81. The fraction of sp³-hybridized carbons (Fsp3) is 0.0833. The van der Waals surface area contributed by atoms with Crippen LogP contribution in [0.1, 0.15) is 10.9 Å². The summed E-state index contributed by atoms with van der Waals surface area (Å²) < 4.78 is 21.8. The van der Waals surface area contributed by atoms with E-state index in [9.17, 15) is 9.59 Å². The molecule has 1 unspecified atom stereocenters. The van der Waals surface area contributed by atoms with Crippen molar-refractivity contribution in [3.8, 4) is 23.0 Å². The number of carbonyl (C=O) groups excluding carboxylic acids is 1. The van der Waals surface area contributed by atoms with Gasteiger partial charge in [-0.05, 0) is 29.8 Å². The maximum absolute atomic E-state index is 12.8. The number of ether oxygens (including phenoxy) is 3. The molecule has 0 N–H and O–H groups in total. The van der Waals surface area contributed by atoms with Gasteiger partial charge in [-0.2, -0.15) is 0 Å². The van der Waals surface area contributed by atoms with Crippen molar-refractivity contribution in [3.05, 3.63) is 94.8 Å². The molecule has 7 heteroatoms. The third-order valence-electron chi connectivity index (χ3n) is 4.52. The monoisotopic (exact) mass is 436 g/mol. The summed E-state index contributed by atoms with van der Waals surface area (Å²) in [5.74, 6) is 0.451. The van der Waals surface area contributed by atoms with Crippen LogP contribution in [0.3, 0.4) is 0 Å². The molecule has 0 amide bonds. The van der Waals surface area contributed by atoms with Crippen molar-refractivity contribution in [2.45, 2.75) is 5.38 Å². The van der Waals surface area contributed by atoms with E-state index < -0.39 is 11.3 Å². The van der Waals surface area contributed by atoms with E-state index in [1.807, 2.05) is 6.07 Å². The molecule has 0 radical (unpaired) electrons. The molecule has 0 fully saturated rings. The first-order valence-corrected chi connectivity index (χ1v) is 9.77. The molecule has 1 atom stereocenters. The molecule has 31 heavy (non-hydrogen) atoms. The summed E-state index contributed by atoms with van der Waals surface area (Å²) in [6.45, 7) is 0. The van der Waals surface area contributed by atoms with E-state index in [0.29, 0.717) is 17.1 Å². The van der Waals surface area contributed by atoms with Gasteiger partial charge in [0.15, 0.2) is 16.9 Å². The summed E-state index contributed by atoms with van der Waals surface area (Å²) in [7, 11) is 1.51. The zero-order chi connectivity index (χ0) is 21.8. The number of benzene rings is 3. The minimum Gasteiger partial charge on any atom is -0.493 e. The van der Waals surface area contributed by atoms with Crippen LogP contribution in [-0.2, 0) is 4.79 Å². The normalized spacial score (nSPS) is 11.7. The van der Waals surface area contributed by atoms with Crippen LogP contribution >= 0.6 is 11.6 Å². The van der Waals surface area contributed by atoms with Gasteiger partial charge in [-0.3, -0.25) is 4.79 Å². The fourth-order valence-electron chi connectivity index (χ4n) is 2.97. The Balaban J connectivity index is 1.57. The first kappa shape index (κ1) is 20.5. The Hall–Kier alpha value is -3.77. The maximum atomic E-state index is 12.8. The Bertz CT molecular complexity index is 1280. The molecule has 3 aromatic carbocycles. The van der Waals surface area contributed by atoms with Gasteiger partial charge in [0, 0.05) is 6.07 Å². The Kier molecular flexibility index (Phi) is 5.91. The standard InChI is InChI=1S/C24H17ClO6/c1-28-18-9-5-6-10-19(18)31-21-14-29-20-13-16(11-12-17(20)23(21)26)30-24(27)22(25)15-7-3-2-4-8-15/h2-14,22H,1H3. The molecule has 4 aromatic rings. The Morgan fingerprint density at radius 1 is 0.935 bits per heavy atom. The predicted molar refractivity (Wildman–Crippen MR) is 116 cm³/mol. The minimum absolute atomic E-state index is 0.00615. The van der Waals surface area contributed by atoms with Gasteiger partial charge in [0.05, 0.1) is 12.5 Å². The summed E-state index contributed by atoms with van der Waals surface area (Å²) in [5, 5.41) is -0.682. The van der Waals surface area contributed by atoms with Crippen LogP contribution in [0.5, 0.6) is 23.0 Å². The van der Waals surface area contributed by atoms with E-state index in [-0.39, 0.29) is 27.9 Å². The second-order valence-electron chi connectivity index (χ2n) is 6.53. The molecule has 4 rings (SSSR count). The van der Waals surface area contributed by atoms with Crippen molar-refractivity contribution in [1.29, 1.82) is 0 Å². The van der Waals surface area contributed by atoms with Crippen LogP contribution < -0.4 is 19.6 Å². The summed E-state index contributed by atoms with van der Waals surface area (Å²) in [4.78, 5) is 25.2. The fourth-order valence-corrected chi connectivity index (χ4v) is 3.16. The molecule has 0 aliphatic carbocycles. The van der Waals surface area contributed by atoms with Gasteiger partial charge in [0.2, 0.25) is 11.2 Å². The number of para-hydroxylation sites is 2. The third-order valence-corrected chi connectivity index (χ3v) is 4.95. The molecule has 0 aliphatic rings. The second-order valence-corrected chi connectivity index (χ2v) is 6.97. The van der Waals surface area contributed by atoms with Crippen LogP contribution in [-0.4, -0.2) is 13.1 Å². The molecule has 156 valence electrons. The van der Waals surface area contributed by atoms with Crippen molar-refractivity contribution < 1.29 is 23.4 Å². The highest BCUT2D eigenvalue weighted by atomic mass is 35.5. The number of hydrogen-bond donors (Lipinski definition) is 0. The first-order chi connectivity index (χ1) is 15.1. The van der Waals surface area contributed by atoms with E-state index >= 15 is 0 Å². The average molecular weight is 437 g/mol. The van der Waals surface area contributed by atoms with Gasteiger partial charge in [0.25, 0.3) is 0 Å². The SMILES string of the molecule is COc1ccccc1Oc1coc2cc(OC(=O)C(Cl)c3ccccc3)ccc2c1=O. The molecule has 1 heterocycles. The van der Waals surface area contributed by atoms with Crippen LogP contribution in [0.4, 0.5) is 0 Å². The van der Waals surface area contributed by atoms with Crippen LogP contribution in [0, 0.1) is 0 Å². The zero-order valence-electron chi connectivity index (χ0n) is 16.4. The number of fused-ring (bicyclic) bond motifs is 1. The summed E-state index contributed by atoms with van der Waals surface area (Å²) >= 11 is 6.20. The third kappa shape index (κ3) is 4.39. The van der Waals surface area contributed by atoms with E-state index in [2.05, 4.69) is 0 Å². The number of rotatable bonds is 6. The summed E-state index contributed by atoms with van der Waals surface area (Å²) in [6.07, 6.45) is 1.21. The lowest BCUT2D eigenvalue weighted by atomic mass is 10.1. The number of methoxy groups -OCH3 is 1. The van der Waals surface area contributed by atoms with Crippen LogP contribution in [0.15, 0.2) is 88.3 Å². The van der Waals surface area contributed by atoms with Crippen molar-refractivity contribution in [1.82, 2.24) is 0 Å². The molecule has 6 nitrogen and oxygen atoms in total. The number of esters is 1. The topological polar surface area (TPSA) is 75.0 Å². The van der Waals surface area contributed by atoms with Crippen molar-refractivity contribution in [2.24, 2.45) is 0 Å². The van der Waals surface area contributed by atoms with Crippen LogP contribution in [0.25, 0.3) is 11.0 Å². The Morgan fingerprint density at radius 3 is 2.39 bits per heavy atom. The quantitative estimate of drug-likeness (QED) is 0.226.